The van der Waals surface area contributed by atoms with Crippen LogP contribution in [0.4, 0.5) is 0 Å². The lowest BCUT2D eigenvalue weighted by molar-refractivity contribution is -0.121. The maximum atomic E-state index is 12.2. The summed E-state index contributed by atoms with van der Waals surface area (Å²) in [7, 11) is 0. The molecule has 1 aromatic heterocycles. The number of nitrogens with one attached hydrogen (secondary N) is 2. The summed E-state index contributed by atoms with van der Waals surface area (Å²) >= 11 is 0. The number of hydrogen-bond acceptors (Lipinski definition) is 5. The number of carbonyl (C=O) groups is 3. The van der Waals surface area contributed by atoms with E-state index in [1.165, 1.54) is 6.07 Å². The van der Waals surface area contributed by atoms with Crippen molar-refractivity contribution in [3.8, 4) is 5.75 Å². The quantitative estimate of drug-likeness (QED) is 0.538. The van der Waals surface area contributed by atoms with Gasteiger partial charge in [-0.1, -0.05) is 12.1 Å². The molecule has 0 aliphatic rings. The molecule has 150 valence electrons. The predicted octanol–water partition coefficient (Wildman–Crippen LogP) is 2.51. The summed E-state index contributed by atoms with van der Waals surface area (Å²) in [6.07, 6.45) is 0.685. The number of aromatic carboxylic acids is 1. The van der Waals surface area contributed by atoms with E-state index in [1.54, 1.807) is 31.2 Å². The lowest BCUT2D eigenvalue weighted by Crippen LogP contribution is -2.27. The maximum Gasteiger partial charge on any atom is 0.339 e. The van der Waals surface area contributed by atoms with Crippen LogP contribution in [-0.2, 0) is 11.3 Å². The largest absolute Gasteiger partial charge is 0.493 e. The van der Waals surface area contributed by atoms with Crippen molar-refractivity contribution in [2.45, 2.75) is 33.2 Å². The van der Waals surface area contributed by atoms with Crippen molar-refractivity contribution in [1.82, 2.24) is 10.6 Å². The van der Waals surface area contributed by atoms with Gasteiger partial charge in [0, 0.05) is 13.0 Å². The van der Waals surface area contributed by atoms with E-state index in [4.69, 9.17) is 14.3 Å². The molecule has 0 radical (unpaired) electrons. The minimum absolute atomic E-state index is 0.0827. The lowest BCUT2D eigenvalue weighted by Gasteiger charge is -2.10. The van der Waals surface area contributed by atoms with Crippen LogP contribution in [0, 0.1) is 6.92 Å². The zero-order chi connectivity index (χ0) is 20.5. The Kier molecular flexibility index (Phi) is 7.62. The number of carboxylic acids is 1. The molecule has 3 N–H and O–H groups in total. The van der Waals surface area contributed by atoms with Crippen molar-refractivity contribution in [3.05, 3.63) is 53.0 Å². The molecule has 0 unspecified atom stereocenters. The number of carbonyl (C=O) groups excluding carboxylic acids is 2. The van der Waals surface area contributed by atoms with Crippen molar-refractivity contribution in [2.24, 2.45) is 0 Å². The van der Waals surface area contributed by atoms with Crippen molar-refractivity contribution in [2.75, 3.05) is 13.2 Å². The summed E-state index contributed by atoms with van der Waals surface area (Å²) < 4.78 is 10.7. The zero-order valence-corrected chi connectivity index (χ0v) is 15.9. The van der Waals surface area contributed by atoms with Gasteiger partial charge in [0.2, 0.25) is 5.91 Å². The first-order valence-corrected chi connectivity index (χ1v) is 9.01. The first-order valence-electron chi connectivity index (χ1n) is 9.01. The Hall–Kier alpha value is -3.29. The van der Waals surface area contributed by atoms with E-state index in [0.29, 0.717) is 42.4 Å². The molecule has 0 saturated heterocycles. The van der Waals surface area contributed by atoms with Crippen LogP contribution in [0.25, 0.3) is 0 Å². The molecule has 2 amide bonds. The smallest absolute Gasteiger partial charge is 0.339 e. The third-order valence-electron chi connectivity index (χ3n) is 3.96. The molecular formula is C20H24N2O6. The molecule has 2 rings (SSSR count). The number of hydrogen-bond donors (Lipinski definition) is 3. The summed E-state index contributed by atoms with van der Waals surface area (Å²) in [6.45, 7) is 4.32. The van der Waals surface area contributed by atoms with Crippen LogP contribution in [0.2, 0.25) is 0 Å². The van der Waals surface area contributed by atoms with Crippen molar-refractivity contribution in [3.63, 3.8) is 0 Å². The Morgan fingerprint density at radius 2 is 1.89 bits per heavy atom. The van der Waals surface area contributed by atoms with Gasteiger partial charge >= 0.3 is 5.97 Å². The van der Waals surface area contributed by atoms with Crippen LogP contribution in [0.5, 0.6) is 5.75 Å². The van der Waals surface area contributed by atoms with E-state index in [-0.39, 0.29) is 30.3 Å². The zero-order valence-electron chi connectivity index (χ0n) is 15.9. The molecule has 2 aromatic rings. The molecule has 8 heteroatoms. The summed E-state index contributed by atoms with van der Waals surface area (Å²) in [5, 5.41) is 14.4. The Morgan fingerprint density at radius 3 is 2.57 bits per heavy atom. The van der Waals surface area contributed by atoms with Gasteiger partial charge in [-0.2, -0.15) is 0 Å². The standard InChI is InChI=1S/C20H24N2O6/c1-3-27-17-8-5-4-7-15(17)19(24)21-10-6-9-18(23)22-12-14-11-16(20(25)26)13(2)28-14/h4-5,7-8,11H,3,6,9-10,12H2,1-2H3,(H,21,24)(H,22,23)(H,25,26). The summed E-state index contributed by atoms with van der Waals surface area (Å²) in [6, 6.07) is 8.37. The summed E-state index contributed by atoms with van der Waals surface area (Å²) in [5.74, 6) is -0.335. The number of para-hydroxylation sites is 1. The normalized spacial score (nSPS) is 10.4. The number of carboxylic acid groups (broad SMARTS) is 1. The first kappa shape index (κ1) is 21.0. The van der Waals surface area contributed by atoms with Gasteiger partial charge in [-0.25, -0.2) is 4.79 Å². The average molecular weight is 388 g/mol. The van der Waals surface area contributed by atoms with E-state index in [0.717, 1.165) is 0 Å². The second kappa shape index (κ2) is 10.1. The minimum atomic E-state index is -1.07. The van der Waals surface area contributed by atoms with E-state index in [9.17, 15) is 14.4 Å². The fourth-order valence-corrected chi connectivity index (χ4v) is 2.60. The van der Waals surface area contributed by atoms with Crippen LogP contribution >= 0.6 is 0 Å². The number of benzene rings is 1. The van der Waals surface area contributed by atoms with E-state index in [2.05, 4.69) is 10.6 Å². The van der Waals surface area contributed by atoms with E-state index in [1.807, 2.05) is 6.92 Å². The molecular weight excluding hydrogens is 364 g/mol. The number of amides is 2. The topological polar surface area (TPSA) is 118 Å². The highest BCUT2D eigenvalue weighted by Crippen LogP contribution is 2.17. The van der Waals surface area contributed by atoms with Crippen molar-refractivity contribution < 1.29 is 28.6 Å². The van der Waals surface area contributed by atoms with Gasteiger partial charge in [0.15, 0.2) is 0 Å². The fraction of sp³-hybridized carbons (Fsp3) is 0.350. The Labute approximate surface area is 162 Å². The van der Waals surface area contributed by atoms with Crippen LogP contribution in [-0.4, -0.2) is 36.0 Å². The van der Waals surface area contributed by atoms with Crippen LogP contribution in [0.15, 0.2) is 34.7 Å². The molecule has 1 aromatic carbocycles. The highest BCUT2D eigenvalue weighted by atomic mass is 16.5. The van der Waals surface area contributed by atoms with Gasteiger partial charge in [-0.15, -0.1) is 0 Å². The number of ether oxygens (including phenoxy) is 1. The third kappa shape index (κ3) is 5.87. The first-order chi connectivity index (χ1) is 13.4. The highest BCUT2D eigenvalue weighted by Gasteiger charge is 2.14. The van der Waals surface area contributed by atoms with Gasteiger partial charge < -0.3 is 24.9 Å². The third-order valence-corrected chi connectivity index (χ3v) is 3.96. The molecule has 1 heterocycles. The molecule has 0 spiro atoms. The monoisotopic (exact) mass is 388 g/mol. The van der Waals surface area contributed by atoms with Crippen LogP contribution < -0.4 is 15.4 Å². The molecule has 0 saturated carbocycles. The number of furan rings is 1. The number of rotatable bonds is 10. The molecule has 0 aliphatic carbocycles. The minimum Gasteiger partial charge on any atom is -0.493 e. The Bertz CT molecular complexity index is 843. The highest BCUT2D eigenvalue weighted by molar-refractivity contribution is 5.96. The second-order valence-corrected chi connectivity index (χ2v) is 6.05. The van der Waals surface area contributed by atoms with Gasteiger partial charge in [-0.05, 0) is 38.5 Å². The summed E-state index contributed by atoms with van der Waals surface area (Å²) in [4.78, 5) is 35.1. The van der Waals surface area contributed by atoms with Crippen LogP contribution in [0.1, 0.15) is 52.0 Å². The number of aryl methyl sites for hydroxylation is 1. The Balaban J connectivity index is 1.72. The second-order valence-electron chi connectivity index (χ2n) is 6.05. The van der Waals surface area contributed by atoms with Crippen molar-refractivity contribution in [1.29, 1.82) is 0 Å². The molecule has 8 nitrogen and oxygen atoms in total. The van der Waals surface area contributed by atoms with Crippen LogP contribution in [0.3, 0.4) is 0 Å². The molecule has 0 atom stereocenters. The average Bonchev–Trinajstić information content (AvgIpc) is 3.05. The van der Waals surface area contributed by atoms with Gasteiger partial charge in [0.25, 0.3) is 5.91 Å². The van der Waals surface area contributed by atoms with E-state index >= 15 is 0 Å². The molecule has 0 aliphatic heterocycles. The SMILES string of the molecule is CCOc1ccccc1C(=O)NCCCC(=O)NCc1cc(C(=O)O)c(C)o1. The maximum absolute atomic E-state index is 12.2. The predicted molar refractivity (Wildman–Crippen MR) is 101 cm³/mol. The lowest BCUT2D eigenvalue weighted by atomic mass is 10.2. The molecule has 0 bridgehead atoms. The van der Waals surface area contributed by atoms with E-state index < -0.39 is 5.97 Å². The van der Waals surface area contributed by atoms with Gasteiger partial charge in [0.05, 0.1) is 18.7 Å². The van der Waals surface area contributed by atoms with Gasteiger partial charge in [-0.3, -0.25) is 9.59 Å². The fourth-order valence-electron chi connectivity index (χ4n) is 2.60. The van der Waals surface area contributed by atoms with Gasteiger partial charge in [0.1, 0.15) is 22.8 Å². The Morgan fingerprint density at radius 1 is 1.14 bits per heavy atom. The van der Waals surface area contributed by atoms with Crippen molar-refractivity contribution >= 4 is 17.8 Å². The molecule has 0 fully saturated rings. The molecule has 28 heavy (non-hydrogen) atoms. The summed E-state index contributed by atoms with van der Waals surface area (Å²) in [5.41, 5.74) is 0.538.